The van der Waals surface area contributed by atoms with Gasteiger partial charge in [0.1, 0.15) is 0 Å². The molecule has 132 valence electrons. The Morgan fingerprint density at radius 1 is 1.04 bits per heavy atom. The number of nitrogens with one attached hydrogen (secondary N) is 2. The second-order valence-electron chi connectivity index (χ2n) is 6.32. The van der Waals surface area contributed by atoms with Crippen LogP contribution in [0.2, 0.25) is 0 Å². The van der Waals surface area contributed by atoms with Crippen LogP contribution in [0, 0.1) is 0 Å². The molecule has 0 saturated carbocycles. The number of nitrogens with zero attached hydrogens (tertiary/aromatic N) is 3. The van der Waals surface area contributed by atoms with Crippen LogP contribution in [0.15, 0.2) is 36.4 Å². The lowest BCUT2D eigenvalue weighted by Gasteiger charge is -2.17. The van der Waals surface area contributed by atoms with Gasteiger partial charge in [-0.2, -0.15) is 0 Å². The number of carbonyl (C=O) groups excluding carboxylic acids is 1. The monoisotopic (exact) mass is 339 g/mol. The maximum absolute atomic E-state index is 11.7. The Balaban J connectivity index is 1.55. The molecule has 1 aromatic heterocycles. The van der Waals surface area contributed by atoms with Crippen molar-refractivity contribution in [3.8, 4) is 0 Å². The molecule has 25 heavy (non-hydrogen) atoms. The number of unbranched alkanes of at least 4 members (excludes halogenated alkanes) is 1. The Kier molecular flexibility index (Phi) is 5.82. The Bertz CT molecular complexity index is 678. The fraction of sp³-hybridized carbons (Fsp3) is 0.421. The number of hydrogen-bond donors (Lipinski definition) is 2. The standard InChI is InChI=1S/C19H25N5O/c1-2-3-6-19(25)21-18-12-11-17(22-23-18)20-15-7-9-16(10-8-15)24-13-4-5-14-24/h7-12H,2-6,13-14H2,1H3,(H,20,22)(H,21,23,25). The fourth-order valence-corrected chi connectivity index (χ4v) is 2.89. The summed E-state index contributed by atoms with van der Waals surface area (Å²) in [5, 5.41) is 14.2. The molecule has 2 heterocycles. The first-order chi connectivity index (χ1) is 12.2. The summed E-state index contributed by atoms with van der Waals surface area (Å²) < 4.78 is 0. The average molecular weight is 339 g/mol. The average Bonchev–Trinajstić information content (AvgIpc) is 3.17. The van der Waals surface area contributed by atoms with E-state index in [2.05, 4.69) is 56.9 Å². The third-order valence-corrected chi connectivity index (χ3v) is 4.30. The molecule has 2 N–H and O–H groups in total. The first kappa shape index (κ1) is 17.2. The Labute approximate surface area is 148 Å². The minimum Gasteiger partial charge on any atom is -0.372 e. The number of aromatic nitrogens is 2. The number of rotatable bonds is 7. The maximum atomic E-state index is 11.7. The van der Waals surface area contributed by atoms with Crippen molar-refractivity contribution in [2.45, 2.75) is 39.0 Å². The number of amides is 1. The van der Waals surface area contributed by atoms with E-state index >= 15 is 0 Å². The molecule has 1 fully saturated rings. The Morgan fingerprint density at radius 3 is 2.36 bits per heavy atom. The van der Waals surface area contributed by atoms with Crippen molar-refractivity contribution in [2.24, 2.45) is 0 Å². The number of hydrogen-bond acceptors (Lipinski definition) is 5. The van der Waals surface area contributed by atoms with E-state index in [0.29, 0.717) is 18.1 Å². The van der Waals surface area contributed by atoms with Crippen LogP contribution in [-0.4, -0.2) is 29.2 Å². The van der Waals surface area contributed by atoms with Crippen molar-refractivity contribution in [2.75, 3.05) is 28.6 Å². The van der Waals surface area contributed by atoms with Crippen molar-refractivity contribution in [1.82, 2.24) is 10.2 Å². The lowest BCUT2D eigenvalue weighted by molar-refractivity contribution is -0.116. The summed E-state index contributed by atoms with van der Waals surface area (Å²) in [6, 6.07) is 11.9. The molecule has 6 nitrogen and oxygen atoms in total. The van der Waals surface area contributed by atoms with E-state index in [4.69, 9.17) is 0 Å². The van der Waals surface area contributed by atoms with Crippen molar-refractivity contribution >= 4 is 28.9 Å². The number of carbonyl (C=O) groups is 1. The second kappa shape index (κ2) is 8.46. The molecule has 0 unspecified atom stereocenters. The summed E-state index contributed by atoms with van der Waals surface area (Å²) in [6.07, 6.45) is 4.94. The van der Waals surface area contributed by atoms with E-state index in [-0.39, 0.29) is 5.91 Å². The molecule has 1 aliphatic heterocycles. The topological polar surface area (TPSA) is 70.2 Å². The summed E-state index contributed by atoms with van der Waals surface area (Å²) in [6.45, 7) is 4.35. The van der Waals surface area contributed by atoms with Crippen LogP contribution in [0.25, 0.3) is 0 Å². The summed E-state index contributed by atoms with van der Waals surface area (Å²) in [7, 11) is 0. The van der Waals surface area contributed by atoms with Gasteiger partial charge in [-0.3, -0.25) is 4.79 Å². The summed E-state index contributed by atoms with van der Waals surface area (Å²) in [5.74, 6) is 1.12. The van der Waals surface area contributed by atoms with E-state index < -0.39 is 0 Å². The highest BCUT2D eigenvalue weighted by Gasteiger charge is 2.11. The van der Waals surface area contributed by atoms with Gasteiger partial charge < -0.3 is 15.5 Å². The molecular formula is C19H25N5O. The van der Waals surface area contributed by atoms with Crippen LogP contribution in [0.4, 0.5) is 23.0 Å². The fourth-order valence-electron chi connectivity index (χ4n) is 2.89. The summed E-state index contributed by atoms with van der Waals surface area (Å²) >= 11 is 0. The van der Waals surface area contributed by atoms with Crippen LogP contribution < -0.4 is 15.5 Å². The van der Waals surface area contributed by atoms with Crippen molar-refractivity contribution in [3.05, 3.63) is 36.4 Å². The van der Waals surface area contributed by atoms with Crippen molar-refractivity contribution in [3.63, 3.8) is 0 Å². The third kappa shape index (κ3) is 4.92. The van der Waals surface area contributed by atoms with Crippen molar-refractivity contribution < 1.29 is 4.79 Å². The molecule has 1 aromatic carbocycles. The zero-order valence-electron chi connectivity index (χ0n) is 14.7. The van der Waals surface area contributed by atoms with Gasteiger partial charge in [-0.1, -0.05) is 13.3 Å². The molecular weight excluding hydrogens is 314 g/mol. The molecule has 1 amide bonds. The normalized spacial score (nSPS) is 13.7. The first-order valence-corrected chi connectivity index (χ1v) is 9.00. The van der Waals surface area contributed by atoms with Crippen LogP contribution in [0.1, 0.15) is 39.0 Å². The van der Waals surface area contributed by atoms with Crippen molar-refractivity contribution in [1.29, 1.82) is 0 Å². The number of anilines is 4. The van der Waals surface area contributed by atoms with Crippen LogP contribution in [0.3, 0.4) is 0 Å². The van der Waals surface area contributed by atoms with E-state index in [0.717, 1.165) is 31.6 Å². The zero-order valence-corrected chi connectivity index (χ0v) is 14.7. The molecule has 0 aliphatic carbocycles. The molecule has 0 bridgehead atoms. The first-order valence-electron chi connectivity index (χ1n) is 9.00. The predicted octanol–water partition coefficient (Wildman–Crippen LogP) is 3.95. The van der Waals surface area contributed by atoms with E-state index in [9.17, 15) is 4.79 Å². The highest BCUT2D eigenvalue weighted by atomic mass is 16.1. The molecule has 0 radical (unpaired) electrons. The molecule has 0 atom stereocenters. The molecule has 3 rings (SSSR count). The lowest BCUT2D eigenvalue weighted by atomic mass is 10.2. The SMILES string of the molecule is CCCCC(=O)Nc1ccc(Nc2ccc(N3CCCC3)cc2)nn1. The minimum absolute atomic E-state index is 0.0191. The van der Waals surface area contributed by atoms with Crippen LogP contribution >= 0.6 is 0 Å². The summed E-state index contributed by atoms with van der Waals surface area (Å²) in [5.41, 5.74) is 2.23. The van der Waals surface area contributed by atoms with Gasteiger partial charge in [0.2, 0.25) is 5.91 Å². The van der Waals surface area contributed by atoms with Gasteiger partial charge in [0.15, 0.2) is 11.6 Å². The number of benzene rings is 1. The van der Waals surface area contributed by atoms with Crippen LogP contribution in [-0.2, 0) is 4.79 Å². The maximum Gasteiger partial charge on any atom is 0.225 e. The predicted molar refractivity (Wildman–Crippen MR) is 101 cm³/mol. The van der Waals surface area contributed by atoms with E-state index in [1.807, 2.05) is 6.07 Å². The second-order valence-corrected chi connectivity index (χ2v) is 6.32. The zero-order chi connectivity index (χ0) is 17.5. The van der Waals surface area contributed by atoms with Gasteiger partial charge >= 0.3 is 0 Å². The van der Waals surface area contributed by atoms with E-state index in [1.54, 1.807) is 6.07 Å². The van der Waals surface area contributed by atoms with E-state index in [1.165, 1.54) is 18.5 Å². The Morgan fingerprint density at radius 2 is 1.72 bits per heavy atom. The molecule has 0 spiro atoms. The van der Waals surface area contributed by atoms with Gasteiger partial charge in [0.25, 0.3) is 0 Å². The lowest BCUT2D eigenvalue weighted by Crippen LogP contribution is -2.17. The molecule has 1 aliphatic rings. The summed E-state index contributed by atoms with van der Waals surface area (Å²) in [4.78, 5) is 14.1. The van der Waals surface area contributed by atoms with Gasteiger partial charge in [-0.15, -0.1) is 10.2 Å². The largest absolute Gasteiger partial charge is 0.372 e. The van der Waals surface area contributed by atoms with Gasteiger partial charge in [-0.05, 0) is 55.7 Å². The van der Waals surface area contributed by atoms with Gasteiger partial charge in [0, 0.05) is 30.9 Å². The molecule has 6 heteroatoms. The Hall–Kier alpha value is -2.63. The smallest absolute Gasteiger partial charge is 0.225 e. The highest BCUT2D eigenvalue weighted by molar-refractivity contribution is 5.89. The highest BCUT2D eigenvalue weighted by Crippen LogP contribution is 2.23. The minimum atomic E-state index is -0.0191. The molecule has 2 aromatic rings. The van der Waals surface area contributed by atoms with Gasteiger partial charge in [-0.25, -0.2) is 0 Å². The van der Waals surface area contributed by atoms with Gasteiger partial charge in [0.05, 0.1) is 0 Å². The van der Waals surface area contributed by atoms with Crippen LogP contribution in [0.5, 0.6) is 0 Å². The quantitative estimate of drug-likeness (QED) is 0.799. The molecule has 1 saturated heterocycles. The third-order valence-electron chi connectivity index (χ3n) is 4.30.